The molecule has 0 radical (unpaired) electrons. The number of anilines is 1. The molecule has 0 aliphatic carbocycles. The molecular formula is C18H19ClN2O3. The van der Waals surface area contributed by atoms with Crippen molar-refractivity contribution in [2.75, 3.05) is 19.0 Å². The van der Waals surface area contributed by atoms with Crippen molar-refractivity contribution in [2.45, 2.75) is 13.0 Å². The summed E-state index contributed by atoms with van der Waals surface area (Å²) >= 11 is 6.13. The van der Waals surface area contributed by atoms with E-state index in [1.165, 1.54) is 7.11 Å². The maximum Gasteiger partial charge on any atom is 0.258 e. The molecule has 2 amide bonds. The summed E-state index contributed by atoms with van der Waals surface area (Å²) in [7, 11) is 1.47. The van der Waals surface area contributed by atoms with Gasteiger partial charge in [0, 0.05) is 19.3 Å². The number of nitrogens with one attached hydrogen (secondary N) is 2. The van der Waals surface area contributed by atoms with E-state index in [0.29, 0.717) is 17.8 Å². The summed E-state index contributed by atoms with van der Waals surface area (Å²) in [5, 5.41) is 5.70. The van der Waals surface area contributed by atoms with Crippen LogP contribution in [0.4, 0.5) is 5.69 Å². The molecule has 0 aliphatic rings. The molecule has 24 heavy (non-hydrogen) atoms. The first-order valence-electron chi connectivity index (χ1n) is 7.53. The number of carbonyl (C=O) groups is 2. The first-order chi connectivity index (χ1) is 11.6. The van der Waals surface area contributed by atoms with Gasteiger partial charge in [0.25, 0.3) is 11.8 Å². The molecule has 0 saturated heterocycles. The Morgan fingerprint density at radius 3 is 2.46 bits per heavy atom. The summed E-state index contributed by atoms with van der Waals surface area (Å²) in [6.45, 7) is 2.34. The van der Waals surface area contributed by atoms with Crippen LogP contribution in [0.1, 0.15) is 28.9 Å². The van der Waals surface area contributed by atoms with Crippen LogP contribution in [-0.2, 0) is 9.53 Å². The van der Waals surface area contributed by atoms with E-state index in [1.54, 1.807) is 18.2 Å². The van der Waals surface area contributed by atoms with Crippen molar-refractivity contribution in [3.8, 4) is 0 Å². The van der Waals surface area contributed by atoms with E-state index in [1.807, 2.05) is 37.3 Å². The molecule has 1 atom stereocenters. The molecule has 0 aliphatic heterocycles. The van der Waals surface area contributed by atoms with Crippen LogP contribution >= 0.6 is 11.6 Å². The largest absolute Gasteiger partial charge is 0.367 e. The minimum absolute atomic E-state index is 0.251. The molecule has 2 N–H and O–H groups in total. The third-order valence-electron chi connectivity index (χ3n) is 3.39. The van der Waals surface area contributed by atoms with Crippen molar-refractivity contribution in [3.63, 3.8) is 0 Å². The molecule has 2 aromatic rings. The van der Waals surface area contributed by atoms with Crippen LogP contribution in [0, 0.1) is 0 Å². The highest BCUT2D eigenvalue weighted by atomic mass is 35.5. The van der Waals surface area contributed by atoms with Crippen molar-refractivity contribution < 1.29 is 14.3 Å². The molecule has 0 bridgehead atoms. The molecule has 126 valence electrons. The Kier molecular flexibility index (Phi) is 6.35. The van der Waals surface area contributed by atoms with Gasteiger partial charge in [0.1, 0.15) is 0 Å². The Balaban J connectivity index is 2.14. The molecule has 0 fully saturated rings. The van der Waals surface area contributed by atoms with E-state index in [4.69, 9.17) is 16.3 Å². The lowest BCUT2D eigenvalue weighted by Gasteiger charge is -2.16. The molecule has 0 spiro atoms. The average molecular weight is 347 g/mol. The van der Waals surface area contributed by atoms with Crippen LogP contribution in [0.3, 0.4) is 0 Å². The van der Waals surface area contributed by atoms with Gasteiger partial charge in [0.15, 0.2) is 6.10 Å². The van der Waals surface area contributed by atoms with Crippen molar-refractivity contribution in [2.24, 2.45) is 0 Å². The van der Waals surface area contributed by atoms with Crippen LogP contribution in [0.15, 0.2) is 48.5 Å². The number of hydrogen-bond acceptors (Lipinski definition) is 3. The van der Waals surface area contributed by atoms with Gasteiger partial charge in [-0.1, -0.05) is 41.9 Å². The van der Waals surface area contributed by atoms with Crippen LogP contribution < -0.4 is 10.6 Å². The predicted molar refractivity (Wildman–Crippen MR) is 94.3 cm³/mol. The number of amides is 2. The summed E-state index contributed by atoms with van der Waals surface area (Å²) in [5.41, 5.74) is 1.61. The summed E-state index contributed by atoms with van der Waals surface area (Å²) in [6.07, 6.45) is -0.729. The lowest BCUT2D eigenvalue weighted by molar-refractivity contribution is -0.126. The predicted octanol–water partition coefficient (Wildman–Crippen LogP) is 3.42. The fourth-order valence-electron chi connectivity index (χ4n) is 2.26. The fourth-order valence-corrected chi connectivity index (χ4v) is 2.53. The fraction of sp³-hybridized carbons (Fsp3) is 0.222. The maximum absolute atomic E-state index is 12.4. The van der Waals surface area contributed by atoms with E-state index < -0.39 is 6.10 Å². The Labute approximate surface area is 146 Å². The average Bonchev–Trinajstić information content (AvgIpc) is 2.56. The van der Waals surface area contributed by atoms with Gasteiger partial charge in [-0.3, -0.25) is 9.59 Å². The van der Waals surface area contributed by atoms with Gasteiger partial charge < -0.3 is 15.4 Å². The smallest absolute Gasteiger partial charge is 0.258 e. The minimum Gasteiger partial charge on any atom is -0.367 e. The molecule has 0 heterocycles. The quantitative estimate of drug-likeness (QED) is 0.842. The molecule has 5 nitrogen and oxygen atoms in total. The Bertz CT molecular complexity index is 719. The van der Waals surface area contributed by atoms with Crippen molar-refractivity contribution >= 4 is 29.1 Å². The van der Waals surface area contributed by atoms with Gasteiger partial charge in [0.05, 0.1) is 10.6 Å². The van der Waals surface area contributed by atoms with Crippen LogP contribution in [0.25, 0.3) is 0 Å². The third-order valence-corrected chi connectivity index (χ3v) is 3.71. The summed E-state index contributed by atoms with van der Waals surface area (Å²) in [6, 6.07) is 13.9. The van der Waals surface area contributed by atoms with Crippen molar-refractivity contribution in [1.29, 1.82) is 0 Å². The van der Waals surface area contributed by atoms with E-state index in [0.717, 1.165) is 5.56 Å². The van der Waals surface area contributed by atoms with Gasteiger partial charge >= 0.3 is 0 Å². The molecule has 2 rings (SSSR count). The standard InChI is InChI=1S/C18H19ClN2O3/c1-3-20-17(22)14-10-9-13(11-15(14)19)21-18(23)16(24-2)12-7-5-4-6-8-12/h4-11,16H,3H2,1-2H3,(H,20,22)(H,21,23). The monoisotopic (exact) mass is 346 g/mol. The maximum atomic E-state index is 12.4. The van der Waals surface area contributed by atoms with Crippen LogP contribution in [0.2, 0.25) is 5.02 Å². The van der Waals surface area contributed by atoms with E-state index in [2.05, 4.69) is 10.6 Å². The lowest BCUT2D eigenvalue weighted by Crippen LogP contribution is -2.24. The third kappa shape index (κ3) is 4.34. The molecule has 1 unspecified atom stereocenters. The van der Waals surface area contributed by atoms with E-state index >= 15 is 0 Å². The summed E-state index contributed by atoms with van der Waals surface area (Å²) in [5.74, 6) is -0.565. The zero-order valence-corrected chi connectivity index (χ0v) is 14.3. The van der Waals surface area contributed by atoms with Crippen LogP contribution in [-0.4, -0.2) is 25.5 Å². The normalized spacial score (nSPS) is 11.6. The molecule has 2 aromatic carbocycles. The SMILES string of the molecule is CCNC(=O)c1ccc(NC(=O)C(OC)c2ccccc2)cc1Cl. The molecule has 6 heteroatoms. The highest BCUT2D eigenvalue weighted by molar-refractivity contribution is 6.34. The topological polar surface area (TPSA) is 67.4 Å². The van der Waals surface area contributed by atoms with Gasteiger partial charge in [-0.2, -0.15) is 0 Å². The highest BCUT2D eigenvalue weighted by Crippen LogP contribution is 2.23. The number of hydrogen-bond donors (Lipinski definition) is 2. The Morgan fingerprint density at radius 2 is 1.88 bits per heavy atom. The second-order valence-electron chi connectivity index (χ2n) is 5.07. The Hall–Kier alpha value is -2.37. The number of halogens is 1. The lowest BCUT2D eigenvalue weighted by atomic mass is 10.1. The second kappa shape index (κ2) is 8.47. The van der Waals surface area contributed by atoms with Gasteiger partial charge in [-0.15, -0.1) is 0 Å². The number of ether oxygens (including phenoxy) is 1. The minimum atomic E-state index is -0.729. The van der Waals surface area contributed by atoms with Crippen molar-refractivity contribution in [1.82, 2.24) is 5.32 Å². The number of benzene rings is 2. The number of rotatable bonds is 6. The number of carbonyl (C=O) groups excluding carboxylic acids is 2. The molecule has 0 saturated carbocycles. The van der Waals surface area contributed by atoms with Crippen molar-refractivity contribution in [3.05, 3.63) is 64.7 Å². The van der Waals surface area contributed by atoms with Gasteiger partial charge in [-0.25, -0.2) is 0 Å². The Morgan fingerprint density at radius 1 is 1.17 bits per heavy atom. The van der Waals surface area contributed by atoms with Gasteiger partial charge in [0.2, 0.25) is 0 Å². The highest BCUT2D eigenvalue weighted by Gasteiger charge is 2.20. The zero-order valence-electron chi connectivity index (χ0n) is 13.5. The van der Waals surface area contributed by atoms with Gasteiger partial charge in [-0.05, 0) is 30.7 Å². The summed E-state index contributed by atoms with van der Waals surface area (Å²) in [4.78, 5) is 24.3. The molecule has 0 aromatic heterocycles. The zero-order chi connectivity index (χ0) is 17.5. The first-order valence-corrected chi connectivity index (χ1v) is 7.91. The first kappa shape index (κ1) is 18.0. The van der Waals surface area contributed by atoms with E-state index in [-0.39, 0.29) is 16.8 Å². The second-order valence-corrected chi connectivity index (χ2v) is 5.48. The number of methoxy groups -OCH3 is 1. The summed E-state index contributed by atoms with van der Waals surface area (Å²) < 4.78 is 5.29. The van der Waals surface area contributed by atoms with Crippen LogP contribution in [0.5, 0.6) is 0 Å². The van der Waals surface area contributed by atoms with E-state index in [9.17, 15) is 9.59 Å². The molecular weight excluding hydrogens is 328 g/mol.